The Morgan fingerprint density at radius 1 is 0.500 bits per heavy atom. The molecule has 0 radical (unpaired) electrons. The maximum absolute atomic E-state index is 0. The molecule has 0 aliphatic heterocycles. The molecular weight excluding hydrogens is 524 g/mol. The van der Waals surface area contributed by atoms with Crippen LogP contribution in [0.15, 0.2) is 0 Å². The third-order valence-corrected chi connectivity index (χ3v) is 0. The van der Waals surface area contributed by atoms with Crippen LogP contribution in [-0.2, 0) is 78.2 Å². The molecule has 0 saturated heterocycles. The van der Waals surface area contributed by atoms with Crippen LogP contribution in [0.5, 0.6) is 0 Å². The number of hydrogen-bond acceptors (Lipinski definition) is 0. The van der Waals surface area contributed by atoms with Gasteiger partial charge in [-0.1, -0.05) is 0 Å². The van der Waals surface area contributed by atoms with Crippen LogP contribution in [-0.4, -0.2) is 45.6 Å². The van der Waals surface area contributed by atoms with E-state index in [0.29, 0.717) is 0 Å². The van der Waals surface area contributed by atoms with Crippen LogP contribution in [0.1, 0.15) is 0 Å². The van der Waals surface area contributed by atoms with Crippen LogP contribution in [0, 0.1) is 0 Å². The molecule has 0 aliphatic rings. The van der Waals surface area contributed by atoms with Crippen molar-refractivity contribution < 1.29 is 78.2 Å². The Kier molecular flexibility index (Phi) is 4140. The molecule has 0 saturated carbocycles. The topological polar surface area (TPSA) is 171 Å². The second-order valence-electron chi connectivity index (χ2n) is 0. The van der Waals surface area contributed by atoms with Crippen molar-refractivity contribution in [3.8, 4) is 0 Å². The maximum atomic E-state index is 0. The van der Waals surface area contributed by atoms with Crippen molar-refractivity contribution in [1.82, 2.24) is 0 Å². The molecule has 0 aromatic heterocycles. The normalized spacial score (nSPS) is 0. The molecule has 10 heteroatoms. The molecule has 0 heterocycles. The fourth-order valence-corrected chi connectivity index (χ4v) is 0. The van der Waals surface area contributed by atoms with Crippen LogP contribution in [0.25, 0.3) is 0 Å². The van der Waals surface area contributed by atoms with E-state index in [-0.39, 0.29) is 124 Å². The zero-order valence-electron chi connectivity index (χ0n) is 4.81. The first-order chi connectivity index (χ1) is 0. The largest absolute Gasteiger partial charge is 4.00 e. The number of hydrogen-bond donors (Lipinski definition) is 0. The Morgan fingerprint density at radius 2 is 0.500 bits per heavy atom. The fraction of sp³-hybridized carbons (Fsp3) is 0. The zero-order chi connectivity index (χ0) is 0. The Labute approximate surface area is 122 Å². The molecule has 0 fully saturated rings. The molecule has 0 aliphatic carbocycles. The monoisotopic (exact) mass is 524 g/mol. The summed E-state index contributed by atoms with van der Waals surface area (Å²) in [5.41, 5.74) is 0. The summed E-state index contributed by atoms with van der Waals surface area (Å²) in [5.74, 6) is 0. The smallest absolute Gasteiger partial charge is 2.00 e. The van der Waals surface area contributed by atoms with Gasteiger partial charge in [-0.05, 0) is 0 Å². The first-order valence-corrected chi connectivity index (χ1v) is 0. The van der Waals surface area contributed by atoms with E-state index in [0.717, 1.165) is 0 Å². The van der Waals surface area contributed by atoms with Crippen molar-refractivity contribution in [3.05, 3.63) is 0 Å². The maximum Gasteiger partial charge on any atom is 4.00 e. The molecule has 0 aromatic carbocycles. The fourth-order valence-electron chi connectivity index (χ4n) is 0. The van der Waals surface area contributed by atoms with E-state index in [1.807, 2.05) is 0 Å². The van der Waals surface area contributed by atoms with Crippen LogP contribution in [0.2, 0.25) is 0 Å². The predicted octanol–water partition coefficient (Wildman–Crippen LogP) is -1.48. The first-order valence-electron chi connectivity index (χ1n) is 0. The van der Waals surface area contributed by atoms with Gasteiger partial charge in [-0.3, -0.25) is 0 Å². The van der Waals surface area contributed by atoms with Gasteiger partial charge in [0.1, 0.15) is 0 Å². The zero-order valence-corrected chi connectivity index (χ0v) is 17.1. The molecule has 0 N–H and O–H groups in total. The molecule has 6 nitrogen and oxygen atoms in total. The Balaban J connectivity index is 0. The van der Waals surface area contributed by atoms with Crippen molar-refractivity contribution >= 4 is 45.6 Å². The predicted molar refractivity (Wildman–Crippen MR) is 15.6 cm³/mol. The van der Waals surface area contributed by atoms with Crippen molar-refractivity contribution in [2.24, 2.45) is 0 Å². The quantitative estimate of drug-likeness (QED) is 0.337. The average Bonchev–Trinajstić information content (AvgIpc) is 0. The van der Waals surface area contributed by atoms with Crippen molar-refractivity contribution in [2.45, 2.75) is 0 Å². The summed E-state index contributed by atoms with van der Waals surface area (Å²) >= 11 is 0. The Bertz CT molecular complexity index is 17.7. The molecular formula is GaHfInO6Zn. The Hall–Kier alpha value is 2.76. The third kappa shape index (κ3) is 135. The van der Waals surface area contributed by atoms with Gasteiger partial charge >= 0.3 is 91.0 Å². The standard InChI is InChI=1S/Ga.Hf.In.6O.Zn/q+3;+4;+3;6*-2;+2. The summed E-state index contributed by atoms with van der Waals surface area (Å²) in [6, 6.07) is 0. The average molecular weight is 524 g/mol. The van der Waals surface area contributed by atoms with Crippen molar-refractivity contribution in [3.63, 3.8) is 0 Å². The van der Waals surface area contributed by atoms with Gasteiger partial charge in [0.25, 0.3) is 0 Å². The van der Waals surface area contributed by atoms with Crippen LogP contribution < -0.4 is 0 Å². The van der Waals surface area contributed by atoms with E-state index in [9.17, 15) is 0 Å². The SMILES string of the molecule is [Ga+3].[Hf+4].[In+3].[O-2].[O-2].[O-2].[O-2].[O-2].[O-2].[Zn+2]. The van der Waals surface area contributed by atoms with Gasteiger partial charge in [-0.2, -0.15) is 0 Å². The van der Waals surface area contributed by atoms with Crippen molar-refractivity contribution in [1.29, 1.82) is 0 Å². The second-order valence-corrected chi connectivity index (χ2v) is 0. The third-order valence-electron chi connectivity index (χ3n) is 0. The van der Waals surface area contributed by atoms with E-state index in [2.05, 4.69) is 0 Å². The minimum absolute atomic E-state index is 0. The molecule has 0 atom stereocenters. The molecule has 0 rings (SSSR count). The summed E-state index contributed by atoms with van der Waals surface area (Å²) in [5, 5.41) is 0. The molecule has 0 unspecified atom stereocenters. The number of rotatable bonds is 0. The summed E-state index contributed by atoms with van der Waals surface area (Å²) in [7, 11) is 0. The summed E-state index contributed by atoms with van der Waals surface area (Å²) in [4.78, 5) is 0. The van der Waals surface area contributed by atoms with E-state index < -0.39 is 0 Å². The van der Waals surface area contributed by atoms with Gasteiger partial charge < -0.3 is 32.9 Å². The molecule has 10 heavy (non-hydrogen) atoms. The van der Waals surface area contributed by atoms with Gasteiger partial charge in [0, 0.05) is 0 Å². The van der Waals surface area contributed by atoms with E-state index in [4.69, 9.17) is 0 Å². The van der Waals surface area contributed by atoms with E-state index in [1.54, 1.807) is 0 Å². The molecule has 48 valence electrons. The minimum Gasteiger partial charge on any atom is -2.00 e. The summed E-state index contributed by atoms with van der Waals surface area (Å²) < 4.78 is 0. The minimum atomic E-state index is 0. The summed E-state index contributed by atoms with van der Waals surface area (Å²) in [6.07, 6.45) is 0. The van der Waals surface area contributed by atoms with E-state index in [1.165, 1.54) is 0 Å². The second kappa shape index (κ2) is 179. The molecule has 0 amide bonds. The van der Waals surface area contributed by atoms with Gasteiger partial charge in [-0.15, -0.1) is 0 Å². The van der Waals surface area contributed by atoms with Crippen LogP contribution >= 0.6 is 0 Å². The Morgan fingerprint density at radius 3 is 0.500 bits per heavy atom. The first kappa shape index (κ1) is 232. The molecule has 0 spiro atoms. The molecule has 0 aromatic rings. The van der Waals surface area contributed by atoms with E-state index >= 15 is 0 Å². The van der Waals surface area contributed by atoms with Gasteiger partial charge in [-0.25, -0.2) is 0 Å². The van der Waals surface area contributed by atoms with Crippen LogP contribution in [0.3, 0.4) is 0 Å². The van der Waals surface area contributed by atoms with Crippen LogP contribution in [0.4, 0.5) is 0 Å². The summed E-state index contributed by atoms with van der Waals surface area (Å²) in [6.45, 7) is 0. The van der Waals surface area contributed by atoms with Gasteiger partial charge in [0.05, 0.1) is 0 Å². The van der Waals surface area contributed by atoms with Gasteiger partial charge in [0.15, 0.2) is 0 Å². The van der Waals surface area contributed by atoms with Crippen molar-refractivity contribution in [2.75, 3.05) is 0 Å². The molecule has 0 bridgehead atoms. The van der Waals surface area contributed by atoms with Gasteiger partial charge in [0.2, 0.25) is 0 Å².